The number of aryl methyl sites for hydroxylation is 2. The molecular formula is C27H36FN5O3. The van der Waals surface area contributed by atoms with Gasteiger partial charge in [-0.25, -0.2) is 14.2 Å². The van der Waals surface area contributed by atoms with Gasteiger partial charge in [-0.05, 0) is 63.7 Å². The van der Waals surface area contributed by atoms with Crippen LogP contribution in [0.5, 0.6) is 11.5 Å². The highest BCUT2D eigenvalue weighted by molar-refractivity contribution is 5.92. The Morgan fingerprint density at radius 2 is 1.89 bits per heavy atom. The number of carbonyl (C=O) groups is 1. The number of methoxy groups -OCH3 is 1. The fraction of sp³-hybridized carbons (Fsp3) is 0.407. The summed E-state index contributed by atoms with van der Waals surface area (Å²) in [6.07, 6.45) is 5.24. The number of nitrogens with one attached hydrogen (secondary N) is 1. The Balaban J connectivity index is 1.71. The topological polar surface area (TPSA) is 71.9 Å². The second kappa shape index (κ2) is 13.5. The van der Waals surface area contributed by atoms with Gasteiger partial charge >= 0.3 is 6.03 Å². The summed E-state index contributed by atoms with van der Waals surface area (Å²) in [5.74, 6) is 0.852. The Morgan fingerprint density at radius 1 is 1.11 bits per heavy atom. The molecule has 0 aliphatic carbocycles. The van der Waals surface area contributed by atoms with Gasteiger partial charge in [0.2, 0.25) is 0 Å². The molecule has 0 aliphatic rings. The summed E-state index contributed by atoms with van der Waals surface area (Å²) >= 11 is 0. The van der Waals surface area contributed by atoms with Gasteiger partial charge in [0.25, 0.3) is 0 Å². The average Bonchev–Trinajstić information content (AvgIpc) is 3.28. The van der Waals surface area contributed by atoms with Crippen LogP contribution in [-0.2, 0) is 13.1 Å². The van der Waals surface area contributed by atoms with Crippen LogP contribution in [0.1, 0.15) is 24.1 Å². The molecule has 2 amide bonds. The molecule has 0 saturated carbocycles. The zero-order chi connectivity index (χ0) is 25.9. The third kappa shape index (κ3) is 7.98. The standard InChI is InChI=1S/C27H36FN5O3/c1-21-18-29-20-32(21)15-5-13-30-27(34)33(19-22-7-9-23(28)10-8-22)24-11-12-25(26(17-24)35-4)36-16-6-14-31(2)3/h7-12,17-18,20H,5-6,13-16,19H2,1-4H3,(H,30,34). The largest absolute Gasteiger partial charge is 0.493 e. The van der Waals surface area contributed by atoms with E-state index in [0.29, 0.717) is 30.3 Å². The molecule has 1 N–H and O–H groups in total. The van der Waals surface area contributed by atoms with Crippen LogP contribution < -0.4 is 19.7 Å². The SMILES string of the molecule is COc1cc(N(Cc2ccc(F)cc2)C(=O)NCCCn2cncc2C)ccc1OCCCN(C)C. The smallest absolute Gasteiger partial charge is 0.322 e. The van der Waals surface area contributed by atoms with Crippen LogP contribution in [0.4, 0.5) is 14.9 Å². The molecule has 0 unspecified atom stereocenters. The van der Waals surface area contributed by atoms with Crippen LogP contribution in [0, 0.1) is 12.7 Å². The van der Waals surface area contributed by atoms with E-state index in [2.05, 4.69) is 15.2 Å². The molecule has 1 aromatic heterocycles. The van der Waals surface area contributed by atoms with Crippen molar-refractivity contribution in [2.45, 2.75) is 32.9 Å². The van der Waals surface area contributed by atoms with Gasteiger partial charge in [0, 0.05) is 43.3 Å². The van der Waals surface area contributed by atoms with Crippen molar-refractivity contribution in [3.05, 3.63) is 72.1 Å². The predicted molar refractivity (Wildman–Crippen MR) is 139 cm³/mol. The number of imidazole rings is 1. The van der Waals surface area contributed by atoms with E-state index < -0.39 is 0 Å². The monoisotopic (exact) mass is 497 g/mol. The minimum atomic E-state index is -0.318. The first-order valence-corrected chi connectivity index (χ1v) is 12.1. The molecule has 0 atom stereocenters. The molecule has 0 saturated heterocycles. The molecule has 0 aliphatic heterocycles. The summed E-state index contributed by atoms with van der Waals surface area (Å²) in [4.78, 5) is 21.1. The van der Waals surface area contributed by atoms with Crippen molar-refractivity contribution in [2.24, 2.45) is 0 Å². The van der Waals surface area contributed by atoms with E-state index in [9.17, 15) is 9.18 Å². The number of hydrogen-bond acceptors (Lipinski definition) is 5. The van der Waals surface area contributed by atoms with Gasteiger partial charge in [-0.2, -0.15) is 0 Å². The molecule has 0 radical (unpaired) electrons. The first kappa shape index (κ1) is 27.0. The second-order valence-corrected chi connectivity index (χ2v) is 8.87. The molecule has 1 heterocycles. The Labute approximate surface area is 212 Å². The summed E-state index contributed by atoms with van der Waals surface area (Å²) in [7, 11) is 5.62. The summed E-state index contributed by atoms with van der Waals surface area (Å²) in [6.45, 7) is 5.02. The summed E-state index contributed by atoms with van der Waals surface area (Å²) in [6, 6.07) is 11.3. The minimum Gasteiger partial charge on any atom is -0.493 e. The molecular weight excluding hydrogens is 461 g/mol. The van der Waals surface area contributed by atoms with E-state index in [1.807, 2.05) is 43.9 Å². The number of halogens is 1. The van der Waals surface area contributed by atoms with Gasteiger partial charge in [-0.1, -0.05) is 12.1 Å². The molecule has 8 nitrogen and oxygen atoms in total. The molecule has 3 aromatic rings. The minimum absolute atomic E-state index is 0.247. The van der Waals surface area contributed by atoms with Gasteiger partial charge in [-0.3, -0.25) is 4.90 Å². The highest BCUT2D eigenvalue weighted by Crippen LogP contribution is 2.32. The number of benzene rings is 2. The van der Waals surface area contributed by atoms with Crippen LogP contribution in [0.25, 0.3) is 0 Å². The van der Waals surface area contributed by atoms with Crippen molar-refractivity contribution < 1.29 is 18.7 Å². The van der Waals surface area contributed by atoms with Crippen LogP contribution in [-0.4, -0.2) is 61.4 Å². The molecule has 194 valence electrons. The van der Waals surface area contributed by atoms with Crippen molar-refractivity contribution in [1.82, 2.24) is 19.8 Å². The molecule has 2 aromatic carbocycles. The lowest BCUT2D eigenvalue weighted by atomic mass is 10.2. The molecule has 36 heavy (non-hydrogen) atoms. The number of rotatable bonds is 13. The van der Waals surface area contributed by atoms with Gasteiger partial charge < -0.3 is 24.3 Å². The normalized spacial score (nSPS) is 10.9. The summed E-state index contributed by atoms with van der Waals surface area (Å²) < 4.78 is 27.0. The fourth-order valence-corrected chi connectivity index (χ4v) is 3.72. The van der Waals surface area contributed by atoms with Crippen molar-refractivity contribution in [1.29, 1.82) is 0 Å². The Kier molecular flexibility index (Phi) is 10.1. The maximum Gasteiger partial charge on any atom is 0.322 e. The third-order valence-electron chi connectivity index (χ3n) is 5.74. The predicted octanol–water partition coefficient (Wildman–Crippen LogP) is 4.48. The van der Waals surface area contributed by atoms with Crippen LogP contribution in [0.2, 0.25) is 0 Å². The number of amides is 2. The van der Waals surface area contributed by atoms with E-state index in [1.54, 1.807) is 36.5 Å². The number of aromatic nitrogens is 2. The lowest BCUT2D eigenvalue weighted by Gasteiger charge is -2.24. The number of ether oxygens (including phenoxy) is 2. The lowest BCUT2D eigenvalue weighted by molar-refractivity contribution is 0.245. The Morgan fingerprint density at radius 3 is 2.56 bits per heavy atom. The van der Waals surface area contributed by atoms with Crippen molar-refractivity contribution in [3.63, 3.8) is 0 Å². The number of anilines is 1. The van der Waals surface area contributed by atoms with Gasteiger partial charge in [0.15, 0.2) is 11.5 Å². The third-order valence-corrected chi connectivity index (χ3v) is 5.74. The number of nitrogens with zero attached hydrogens (tertiary/aromatic N) is 4. The first-order valence-electron chi connectivity index (χ1n) is 12.1. The highest BCUT2D eigenvalue weighted by Gasteiger charge is 2.18. The van der Waals surface area contributed by atoms with Crippen LogP contribution in [0.15, 0.2) is 55.0 Å². The van der Waals surface area contributed by atoms with Gasteiger partial charge in [0.05, 0.1) is 26.6 Å². The zero-order valence-corrected chi connectivity index (χ0v) is 21.5. The van der Waals surface area contributed by atoms with E-state index in [-0.39, 0.29) is 18.4 Å². The Hall–Kier alpha value is -3.59. The average molecular weight is 498 g/mol. The second-order valence-electron chi connectivity index (χ2n) is 8.87. The number of urea groups is 1. The number of hydrogen-bond donors (Lipinski definition) is 1. The quantitative estimate of drug-likeness (QED) is 0.353. The van der Waals surface area contributed by atoms with Crippen LogP contribution in [0.3, 0.4) is 0 Å². The van der Waals surface area contributed by atoms with Gasteiger partial charge in [0.1, 0.15) is 5.82 Å². The highest BCUT2D eigenvalue weighted by atomic mass is 19.1. The molecule has 3 rings (SSSR count). The summed E-state index contributed by atoms with van der Waals surface area (Å²) in [5, 5.41) is 3.00. The van der Waals surface area contributed by atoms with Crippen LogP contribution >= 0.6 is 0 Å². The van der Waals surface area contributed by atoms with Crippen molar-refractivity contribution in [3.8, 4) is 11.5 Å². The van der Waals surface area contributed by atoms with Gasteiger partial charge in [-0.15, -0.1) is 0 Å². The van der Waals surface area contributed by atoms with Crippen molar-refractivity contribution in [2.75, 3.05) is 45.8 Å². The van der Waals surface area contributed by atoms with E-state index >= 15 is 0 Å². The first-order chi connectivity index (χ1) is 17.4. The maximum atomic E-state index is 13.4. The van der Waals surface area contributed by atoms with E-state index in [4.69, 9.17) is 9.47 Å². The zero-order valence-electron chi connectivity index (χ0n) is 21.5. The molecule has 9 heteroatoms. The number of carbonyl (C=O) groups excluding carboxylic acids is 1. The van der Waals surface area contributed by atoms with E-state index in [1.165, 1.54) is 12.1 Å². The summed E-state index contributed by atoms with van der Waals surface area (Å²) in [5.41, 5.74) is 2.54. The molecule has 0 spiro atoms. The molecule has 0 fully saturated rings. The lowest BCUT2D eigenvalue weighted by Crippen LogP contribution is -2.40. The molecule has 0 bridgehead atoms. The Bertz CT molecular complexity index is 1100. The van der Waals surface area contributed by atoms with E-state index in [0.717, 1.165) is 37.2 Å². The maximum absolute atomic E-state index is 13.4. The fourth-order valence-electron chi connectivity index (χ4n) is 3.72. The van der Waals surface area contributed by atoms with Crippen molar-refractivity contribution >= 4 is 11.7 Å².